The van der Waals surface area contributed by atoms with Gasteiger partial charge in [0.1, 0.15) is 18.0 Å². The van der Waals surface area contributed by atoms with Crippen LogP contribution in [-0.4, -0.2) is 48.1 Å². The summed E-state index contributed by atoms with van der Waals surface area (Å²) >= 11 is 5.85. The molecular formula is C18H22ClN5O4. The van der Waals surface area contributed by atoms with Crippen LogP contribution in [0.4, 0.5) is 11.5 Å². The van der Waals surface area contributed by atoms with E-state index in [4.69, 9.17) is 16.3 Å². The Morgan fingerprint density at radius 3 is 2.57 bits per heavy atom. The van der Waals surface area contributed by atoms with Gasteiger partial charge in [-0.05, 0) is 31.2 Å². The van der Waals surface area contributed by atoms with Gasteiger partial charge in [-0.15, -0.1) is 0 Å². The van der Waals surface area contributed by atoms with E-state index in [0.717, 1.165) is 0 Å². The van der Waals surface area contributed by atoms with Crippen molar-refractivity contribution in [3.63, 3.8) is 0 Å². The number of aryl methyl sites for hydroxylation is 1. The number of aromatic nitrogens is 2. The van der Waals surface area contributed by atoms with E-state index < -0.39 is 11.6 Å². The lowest BCUT2D eigenvalue weighted by molar-refractivity contribution is -0.140. The van der Waals surface area contributed by atoms with Gasteiger partial charge in [0.2, 0.25) is 0 Å². The maximum Gasteiger partial charge on any atom is 0.347 e. The van der Waals surface area contributed by atoms with Gasteiger partial charge in [-0.1, -0.05) is 11.6 Å². The smallest absolute Gasteiger partial charge is 0.347 e. The average Bonchev–Trinajstić information content (AvgIpc) is 2.62. The fourth-order valence-electron chi connectivity index (χ4n) is 2.38. The van der Waals surface area contributed by atoms with E-state index in [-0.39, 0.29) is 24.0 Å². The first-order valence-electron chi connectivity index (χ1n) is 8.62. The Labute approximate surface area is 166 Å². The number of aromatic amines is 1. The molecule has 2 aromatic rings. The first-order chi connectivity index (χ1) is 13.4. The van der Waals surface area contributed by atoms with E-state index in [2.05, 4.69) is 25.9 Å². The van der Waals surface area contributed by atoms with E-state index in [0.29, 0.717) is 36.0 Å². The van der Waals surface area contributed by atoms with Crippen LogP contribution in [0.5, 0.6) is 0 Å². The first-order valence-corrected chi connectivity index (χ1v) is 9.00. The standard InChI is InChI=1S/C18H22ClN5O4/c1-11-15(17(26)23-14-5-3-13(19)4-6-14)16(24-18(27)22-11)21-8-7-20-9-10-28-12(2)25/h3-6,20H,7-10H2,1-2H3,(H,23,26)(H2,21,22,24,27). The zero-order valence-electron chi connectivity index (χ0n) is 15.6. The number of hydrogen-bond acceptors (Lipinski definition) is 7. The Hall–Kier alpha value is -2.91. The highest BCUT2D eigenvalue weighted by molar-refractivity contribution is 6.30. The molecule has 2 rings (SSSR count). The third-order valence-corrected chi connectivity index (χ3v) is 3.88. The van der Waals surface area contributed by atoms with Crippen LogP contribution in [0.2, 0.25) is 5.02 Å². The minimum atomic E-state index is -0.550. The Bertz CT molecular complexity index is 883. The largest absolute Gasteiger partial charge is 0.465 e. The van der Waals surface area contributed by atoms with E-state index in [9.17, 15) is 14.4 Å². The van der Waals surface area contributed by atoms with Crippen LogP contribution in [0.1, 0.15) is 23.0 Å². The topological polar surface area (TPSA) is 125 Å². The Morgan fingerprint density at radius 1 is 1.18 bits per heavy atom. The molecule has 0 bridgehead atoms. The molecule has 1 amide bonds. The van der Waals surface area contributed by atoms with Gasteiger partial charge in [0.15, 0.2) is 0 Å². The Kier molecular flexibility index (Phi) is 7.97. The van der Waals surface area contributed by atoms with Crippen molar-refractivity contribution in [2.24, 2.45) is 0 Å². The zero-order valence-corrected chi connectivity index (χ0v) is 16.4. The molecule has 0 spiro atoms. The van der Waals surface area contributed by atoms with Crippen LogP contribution >= 0.6 is 11.6 Å². The fourth-order valence-corrected chi connectivity index (χ4v) is 2.51. The van der Waals surface area contributed by atoms with Gasteiger partial charge in [-0.3, -0.25) is 9.59 Å². The van der Waals surface area contributed by atoms with Crippen molar-refractivity contribution in [2.45, 2.75) is 13.8 Å². The summed E-state index contributed by atoms with van der Waals surface area (Å²) in [6, 6.07) is 6.68. The summed E-state index contributed by atoms with van der Waals surface area (Å²) in [5.41, 5.74) is 0.662. The summed E-state index contributed by atoms with van der Waals surface area (Å²) in [7, 11) is 0. The SMILES string of the molecule is CC(=O)OCCNCCNc1nc(=O)[nH]c(C)c1C(=O)Nc1ccc(Cl)cc1. The molecule has 0 aliphatic carbocycles. The lowest BCUT2D eigenvalue weighted by atomic mass is 10.2. The number of carbonyl (C=O) groups excluding carboxylic acids is 2. The van der Waals surface area contributed by atoms with Crippen LogP contribution in [0.3, 0.4) is 0 Å². The van der Waals surface area contributed by atoms with Crippen molar-refractivity contribution in [1.29, 1.82) is 0 Å². The molecule has 0 saturated carbocycles. The van der Waals surface area contributed by atoms with Crippen molar-refractivity contribution < 1.29 is 14.3 Å². The Balaban J connectivity index is 1.99. The maximum absolute atomic E-state index is 12.7. The number of carbonyl (C=O) groups is 2. The van der Waals surface area contributed by atoms with Gasteiger partial charge in [-0.25, -0.2) is 4.79 Å². The predicted molar refractivity (Wildman–Crippen MR) is 107 cm³/mol. The molecule has 0 saturated heterocycles. The van der Waals surface area contributed by atoms with Gasteiger partial charge >= 0.3 is 11.7 Å². The van der Waals surface area contributed by atoms with Gasteiger partial charge in [0.25, 0.3) is 5.91 Å². The number of benzene rings is 1. The highest BCUT2D eigenvalue weighted by atomic mass is 35.5. The fraction of sp³-hybridized carbons (Fsp3) is 0.333. The number of hydrogen-bond donors (Lipinski definition) is 4. The van der Waals surface area contributed by atoms with Crippen LogP contribution in [-0.2, 0) is 9.53 Å². The van der Waals surface area contributed by atoms with Crippen molar-refractivity contribution in [1.82, 2.24) is 15.3 Å². The molecule has 0 aliphatic rings. The third-order valence-electron chi connectivity index (χ3n) is 3.63. The number of nitrogens with one attached hydrogen (secondary N) is 4. The molecule has 0 fully saturated rings. The summed E-state index contributed by atoms with van der Waals surface area (Å²) < 4.78 is 4.81. The van der Waals surface area contributed by atoms with Crippen LogP contribution in [0, 0.1) is 6.92 Å². The molecule has 0 radical (unpaired) electrons. The minimum Gasteiger partial charge on any atom is -0.465 e. The zero-order chi connectivity index (χ0) is 20.5. The molecule has 0 aliphatic heterocycles. The maximum atomic E-state index is 12.7. The van der Waals surface area contributed by atoms with Crippen molar-refractivity contribution in [2.75, 3.05) is 36.9 Å². The molecule has 28 heavy (non-hydrogen) atoms. The van der Waals surface area contributed by atoms with Crippen molar-refractivity contribution in [3.05, 3.63) is 51.0 Å². The molecular weight excluding hydrogens is 386 g/mol. The summed E-state index contributed by atoms with van der Waals surface area (Å²) in [6.45, 7) is 4.67. The second kappa shape index (κ2) is 10.4. The first kappa shape index (κ1) is 21.4. The highest BCUT2D eigenvalue weighted by Gasteiger charge is 2.17. The monoisotopic (exact) mass is 407 g/mol. The van der Waals surface area contributed by atoms with E-state index in [1.807, 2.05) is 0 Å². The normalized spacial score (nSPS) is 10.4. The molecule has 150 valence electrons. The molecule has 0 unspecified atom stereocenters. The summed E-state index contributed by atoms with van der Waals surface area (Å²) in [5, 5.41) is 9.36. The van der Waals surface area contributed by atoms with Crippen LogP contribution < -0.4 is 21.6 Å². The van der Waals surface area contributed by atoms with E-state index >= 15 is 0 Å². The average molecular weight is 408 g/mol. The summed E-state index contributed by atoms with van der Waals surface area (Å²) in [6.07, 6.45) is 0. The molecule has 0 atom stereocenters. The second-order valence-corrected chi connectivity index (χ2v) is 6.30. The predicted octanol–water partition coefficient (Wildman–Crippen LogP) is 1.55. The summed E-state index contributed by atoms with van der Waals surface area (Å²) in [5.74, 6) is -0.553. The lowest BCUT2D eigenvalue weighted by Gasteiger charge is -2.13. The van der Waals surface area contributed by atoms with E-state index in [1.54, 1.807) is 31.2 Å². The van der Waals surface area contributed by atoms with Crippen molar-refractivity contribution >= 4 is 35.0 Å². The van der Waals surface area contributed by atoms with Gasteiger partial charge in [0.05, 0.1) is 0 Å². The Morgan fingerprint density at radius 2 is 1.89 bits per heavy atom. The molecule has 1 heterocycles. The van der Waals surface area contributed by atoms with Gasteiger partial charge in [-0.2, -0.15) is 4.98 Å². The number of anilines is 2. The second-order valence-electron chi connectivity index (χ2n) is 5.87. The molecule has 4 N–H and O–H groups in total. The third kappa shape index (κ3) is 6.67. The molecule has 1 aromatic heterocycles. The minimum absolute atomic E-state index is 0.189. The van der Waals surface area contributed by atoms with Crippen molar-refractivity contribution in [3.8, 4) is 0 Å². The number of H-pyrrole nitrogens is 1. The lowest BCUT2D eigenvalue weighted by Crippen LogP contribution is -2.29. The number of esters is 1. The number of ether oxygens (including phenoxy) is 1. The van der Waals surface area contributed by atoms with Crippen LogP contribution in [0.15, 0.2) is 29.1 Å². The van der Waals surface area contributed by atoms with Gasteiger partial charge < -0.3 is 25.7 Å². The van der Waals surface area contributed by atoms with Crippen LogP contribution in [0.25, 0.3) is 0 Å². The quantitative estimate of drug-likeness (QED) is 0.367. The molecule has 10 heteroatoms. The van der Waals surface area contributed by atoms with Gasteiger partial charge in [0, 0.05) is 43.0 Å². The van der Waals surface area contributed by atoms with E-state index in [1.165, 1.54) is 6.92 Å². The summed E-state index contributed by atoms with van der Waals surface area (Å²) in [4.78, 5) is 41.5. The molecule has 1 aromatic carbocycles. The molecule has 9 nitrogen and oxygen atoms in total. The number of rotatable bonds is 9. The number of amides is 1. The number of nitrogens with zero attached hydrogens (tertiary/aromatic N) is 1. The highest BCUT2D eigenvalue weighted by Crippen LogP contribution is 2.18. The number of halogens is 1.